The molecule has 0 unspecified atom stereocenters. The van der Waals surface area contributed by atoms with Crippen LogP contribution in [0.2, 0.25) is 0 Å². The SMILES string of the molecule is CC(=O)/C=C(/C)[O-].CC(=O)/C=C(/C)[O-].CCO.CCO.[Co+2]. The van der Waals surface area contributed by atoms with E-state index in [0.29, 0.717) is 0 Å². The van der Waals surface area contributed by atoms with Crippen molar-refractivity contribution in [3.05, 3.63) is 23.7 Å². The Kier molecular flexibility index (Phi) is 41.5. The third-order valence-corrected chi connectivity index (χ3v) is 0.813. The van der Waals surface area contributed by atoms with Crippen molar-refractivity contribution in [3.63, 3.8) is 0 Å². The topological polar surface area (TPSA) is 121 Å². The summed E-state index contributed by atoms with van der Waals surface area (Å²) in [7, 11) is 0. The van der Waals surface area contributed by atoms with Gasteiger partial charge in [0.15, 0.2) is 11.6 Å². The Labute approximate surface area is 137 Å². The average molecular weight is 349 g/mol. The second-order valence-corrected chi connectivity index (χ2v) is 3.36. The molecule has 0 aliphatic rings. The zero-order valence-electron chi connectivity index (χ0n) is 13.4. The second-order valence-electron chi connectivity index (χ2n) is 3.36. The third-order valence-electron chi connectivity index (χ3n) is 0.813. The zero-order valence-corrected chi connectivity index (χ0v) is 14.5. The summed E-state index contributed by atoms with van der Waals surface area (Å²) in [5.74, 6) is -0.750. The van der Waals surface area contributed by atoms with Crippen molar-refractivity contribution in [1.29, 1.82) is 0 Å². The van der Waals surface area contributed by atoms with Crippen LogP contribution in [0, 0.1) is 0 Å². The monoisotopic (exact) mass is 349 g/mol. The molecule has 0 saturated carbocycles. The van der Waals surface area contributed by atoms with Gasteiger partial charge in [-0.15, -0.1) is 11.5 Å². The van der Waals surface area contributed by atoms with Crippen LogP contribution in [0.15, 0.2) is 23.7 Å². The molecule has 0 aromatic heterocycles. The summed E-state index contributed by atoms with van der Waals surface area (Å²) in [5.41, 5.74) is 0. The van der Waals surface area contributed by atoms with Crippen molar-refractivity contribution in [2.45, 2.75) is 41.5 Å². The Bertz CT molecular complexity index is 260. The van der Waals surface area contributed by atoms with Gasteiger partial charge in [-0.25, -0.2) is 0 Å². The van der Waals surface area contributed by atoms with Crippen LogP contribution in [0.1, 0.15) is 41.5 Å². The van der Waals surface area contributed by atoms with Crippen LogP contribution in [0.5, 0.6) is 0 Å². The molecular weight excluding hydrogens is 323 g/mol. The molecule has 0 aliphatic heterocycles. The predicted octanol–water partition coefficient (Wildman–Crippen LogP) is -0.326. The molecule has 7 heteroatoms. The average Bonchev–Trinajstić information content (AvgIpc) is 2.15. The molecule has 21 heavy (non-hydrogen) atoms. The van der Waals surface area contributed by atoms with E-state index in [9.17, 15) is 19.8 Å². The fourth-order valence-electron chi connectivity index (χ4n) is 0.572. The maximum absolute atomic E-state index is 9.98. The van der Waals surface area contributed by atoms with Gasteiger partial charge in [0.05, 0.1) is 0 Å². The van der Waals surface area contributed by atoms with Gasteiger partial charge in [0.1, 0.15) is 0 Å². The molecule has 127 valence electrons. The Hall–Kier alpha value is -1.15. The van der Waals surface area contributed by atoms with Crippen molar-refractivity contribution < 1.29 is 46.8 Å². The Morgan fingerprint density at radius 3 is 0.952 bits per heavy atom. The van der Waals surface area contributed by atoms with E-state index in [1.54, 1.807) is 13.8 Å². The number of allylic oxidation sites excluding steroid dienone is 4. The molecule has 0 amide bonds. The molecule has 6 nitrogen and oxygen atoms in total. The standard InChI is InChI=1S/2C5H8O2.2C2H6O.Co/c2*1-4(6)3-5(2)7;2*1-2-3;/h2*3,6H,1-2H3;2*3H,2H2,1H3;/q;;;;+2/p-2/b2*4-3-;;;. The van der Waals surface area contributed by atoms with Crippen LogP contribution in [-0.2, 0) is 26.4 Å². The number of carbonyl (C=O) groups is 2. The molecule has 0 bridgehead atoms. The molecule has 0 heterocycles. The summed E-state index contributed by atoms with van der Waals surface area (Å²) in [4.78, 5) is 20.0. The third kappa shape index (κ3) is 114. The Balaban J connectivity index is -0.0000000576. The molecule has 1 radical (unpaired) electrons. The molecule has 0 fully saturated rings. The van der Waals surface area contributed by atoms with E-state index in [0.717, 1.165) is 12.2 Å². The van der Waals surface area contributed by atoms with Gasteiger partial charge >= 0.3 is 16.8 Å². The first-order valence-electron chi connectivity index (χ1n) is 6.02. The molecular formula is C14H26CoO6. The van der Waals surface area contributed by atoms with E-state index < -0.39 is 0 Å². The maximum Gasteiger partial charge on any atom is 2.00 e. The molecule has 0 spiro atoms. The van der Waals surface area contributed by atoms with Crippen molar-refractivity contribution in [3.8, 4) is 0 Å². The van der Waals surface area contributed by atoms with Gasteiger partial charge in [-0.1, -0.05) is 13.8 Å². The maximum atomic E-state index is 9.98. The van der Waals surface area contributed by atoms with Crippen LogP contribution in [0.4, 0.5) is 0 Å². The number of aliphatic hydroxyl groups is 2. The Morgan fingerprint density at radius 1 is 0.810 bits per heavy atom. The molecule has 0 saturated heterocycles. The molecule has 0 rings (SSSR count). The van der Waals surface area contributed by atoms with Crippen molar-refractivity contribution >= 4 is 11.6 Å². The van der Waals surface area contributed by atoms with Crippen LogP contribution in [-0.4, -0.2) is 35.0 Å². The van der Waals surface area contributed by atoms with Crippen LogP contribution < -0.4 is 10.2 Å². The minimum absolute atomic E-state index is 0. The smallest absolute Gasteiger partial charge is 0.876 e. The van der Waals surface area contributed by atoms with E-state index in [2.05, 4.69) is 0 Å². The normalized spacial score (nSPS) is 9.33. The van der Waals surface area contributed by atoms with Gasteiger partial charge in [-0.2, -0.15) is 0 Å². The minimum Gasteiger partial charge on any atom is -0.876 e. The second kappa shape index (κ2) is 27.2. The van der Waals surface area contributed by atoms with E-state index in [1.807, 2.05) is 0 Å². The number of rotatable bonds is 2. The fourth-order valence-corrected chi connectivity index (χ4v) is 0.572. The first-order valence-corrected chi connectivity index (χ1v) is 6.02. The predicted molar refractivity (Wildman–Crippen MR) is 74.4 cm³/mol. The van der Waals surface area contributed by atoms with E-state index in [1.165, 1.54) is 27.7 Å². The summed E-state index contributed by atoms with van der Waals surface area (Å²) in [5, 5.41) is 35.1. The minimum atomic E-state index is -0.187. The van der Waals surface area contributed by atoms with Crippen LogP contribution in [0.25, 0.3) is 0 Å². The number of carbonyl (C=O) groups excluding carboxylic acids is 2. The first kappa shape index (κ1) is 32.0. The first-order chi connectivity index (χ1) is 9.08. The largest absolute Gasteiger partial charge is 2.00 e. The van der Waals surface area contributed by atoms with Gasteiger partial charge in [0.25, 0.3) is 0 Å². The summed E-state index contributed by atoms with van der Waals surface area (Å²) in [6.45, 7) is 9.26. The van der Waals surface area contributed by atoms with Crippen molar-refractivity contribution in [1.82, 2.24) is 0 Å². The van der Waals surface area contributed by atoms with Crippen molar-refractivity contribution in [2.24, 2.45) is 0 Å². The zero-order chi connectivity index (χ0) is 17.1. The number of aliphatic hydroxyl groups excluding tert-OH is 2. The quantitative estimate of drug-likeness (QED) is 0.520. The number of hydrogen-bond donors (Lipinski definition) is 2. The van der Waals surface area contributed by atoms with Gasteiger partial charge < -0.3 is 20.4 Å². The summed E-state index contributed by atoms with van der Waals surface area (Å²) in [6.07, 6.45) is 2.11. The molecule has 0 atom stereocenters. The van der Waals surface area contributed by atoms with Gasteiger partial charge in [0.2, 0.25) is 0 Å². The summed E-state index contributed by atoms with van der Waals surface area (Å²) in [6, 6.07) is 0. The van der Waals surface area contributed by atoms with E-state index in [-0.39, 0.29) is 53.1 Å². The van der Waals surface area contributed by atoms with E-state index >= 15 is 0 Å². The molecule has 0 aromatic carbocycles. The van der Waals surface area contributed by atoms with Gasteiger partial charge in [-0.05, 0) is 39.8 Å². The number of ketones is 2. The van der Waals surface area contributed by atoms with Gasteiger partial charge in [0, 0.05) is 13.2 Å². The molecule has 0 aromatic rings. The number of hydrogen-bond acceptors (Lipinski definition) is 6. The van der Waals surface area contributed by atoms with Gasteiger partial charge in [-0.3, -0.25) is 9.59 Å². The summed E-state index contributed by atoms with van der Waals surface area (Å²) >= 11 is 0. The van der Waals surface area contributed by atoms with Crippen LogP contribution in [0.3, 0.4) is 0 Å². The fraction of sp³-hybridized carbons (Fsp3) is 0.571. The summed E-state index contributed by atoms with van der Waals surface area (Å²) < 4.78 is 0. The molecule has 0 aliphatic carbocycles. The molecule has 2 N–H and O–H groups in total. The van der Waals surface area contributed by atoms with E-state index in [4.69, 9.17) is 10.2 Å². The Morgan fingerprint density at radius 2 is 0.952 bits per heavy atom. The van der Waals surface area contributed by atoms with Crippen LogP contribution >= 0.6 is 0 Å². The van der Waals surface area contributed by atoms with Crippen molar-refractivity contribution in [2.75, 3.05) is 13.2 Å².